The average Bonchev–Trinajstić information content (AvgIpc) is 3.04. The van der Waals surface area contributed by atoms with Crippen LogP contribution in [0.2, 0.25) is 5.02 Å². The molecule has 0 N–H and O–H groups in total. The number of alkyl halides is 3. The molecule has 1 aliphatic rings. The van der Waals surface area contributed by atoms with Gasteiger partial charge in [-0.3, -0.25) is 4.79 Å². The minimum Gasteiger partial charge on any atom is -0.294 e. The predicted molar refractivity (Wildman–Crippen MR) is 61.2 cm³/mol. The number of Topliss-reactive ketones (excluding diaryl/α,β-unsaturated/α-hetero) is 1. The molecule has 94 valence electrons. The highest BCUT2D eigenvalue weighted by Crippen LogP contribution is 2.62. The zero-order chi connectivity index (χ0) is 13.6. The maximum atomic E-state index is 12.8. The summed E-state index contributed by atoms with van der Waals surface area (Å²) in [5.41, 5.74) is -2.09. The number of terminal acetylenes is 1. The minimum absolute atomic E-state index is 0.200. The summed E-state index contributed by atoms with van der Waals surface area (Å²) in [6, 6.07) is 5.73. The van der Waals surface area contributed by atoms with Crippen molar-refractivity contribution < 1.29 is 18.0 Å². The molecule has 0 unspecified atom stereocenters. The average molecular weight is 273 g/mol. The van der Waals surface area contributed by atoms with Crippen molar-refractivity contribution in [3.8, 4) is 12.3 Å². The molecule has 0 aliphatic heterocycles. The summed E-state index contributed by atoms with van der Waals surface area (Å²) in [7, 11) is 0. The summed E-state index contributed by atoms with van der Waals surface area (Å²) in [6.45, 7) is 0. The first kappa shape index (κ1) is 13.0. The van der Waals surface area contributed by atoms with Crippen molar-refractivity contribution in [3.05, 3.63) is 34.9 Å². The van der Waals surface area contributed by atoms with Gasteiger partial charge in [-0.2, -0.15) is 13.2 Å². The van der Waals surface area contributed by atoms with Gasteiger partial charge in [-0.25, -0.2) is 0 Å². The maximum Gasteiger partial charge on any atom is 0.405 e. The standard InChI is InChI=1S/C13H8ClF3O/c1-2-12(13(15,16)17)7-10(12)11(18)8-3-5-9(14)6-4-8/h1,3-6,10H,7H2/t10-,12+/m1/s1. The van der Waals surface area contributed by atoms with Crippen LogP contribution in [0.5, 0.6) is 0 Å². The van der Waals surface area contributed by atoms with E-state index in [4.69, 9.17) is 18.0 Å². The monoisotopic (exact) mass is 272 g/mol. The molecule has 1 aliphatic carbocycles. The van der Waals surface area contributed by atoms with Crippen LogP contribution in [0.15, 0.2) is 24.3 Å². The molecule has 5 heteroatoms. The minimum atomic E-state index is -4.55. The molecule has 0 bridgehead atoms. The molecule has 2 rings (SSSR count). The van der Waals surface area contributed by atoms with Gasteiger partial charge < -0.3 is 0 Å². The van der Waals surface area contributed by atoms with E-state index in [9.17, 15) is 18.0 Å². The van der Waals surface area contributed by atoms with Gasteiger partial charge in [0.2, 0.25) is 0 Å². The molecule has 1 nitrogen and oxygen atoms in total. The summed E-state index contributed by atoms with van der Waals surface area (Å²) in [5, 5.41) is 0.418. The molecule has 0 saturated heterocycles. The Labute approximate surface area is 107 Å². The number of rotatable bonds is 2. The second-order valence-electron chi connectivity index (χ2n) is 4.24. The molecular formula is C13H8ClF3O. The van der Waals surface area contributed by atoms with Crippen molar-refractivity contribution in [1.29, 1.82) is 0 Å². The molecule has 1 aromatic carbocycles. The zero-order valence-electron chi connectivity index (χ0n) is 9.09. The summed E-state index contributed by atoms with van der Waals surface area (Å²) in [6.07, 6.45) is 0.0560. The van der Waals surface area contributed by atoms with Crippen molar-refractivity contribution >= 4 is 17.4 Å². The molecule has 1 saturated carbocycles. The lowest BCUT2D eigenvalue weighted by Crippen LogP contribution is -2.27. The first-order valence-electron chi connectivity index (χ1n) is 5.16. The number of ketones is 1. The summed E-state index contributed by atoms with van der Waals surface area (Å²) >= 11 is 5.64. The van der Waals surface area contributed by atoms with Gasteiger partial charge in [-0.1, -0.05) is 17.5 Å². The van der Waals surface area contributed by atoms with Crippen molar-refractivity contribution in [2.45, 2.75) is 12.6 Å². The number of benzene rings is 1. The molecule has 0 spiro atoms. The van der Waals surface area contributed by atoms with E-state index in [0.717, 1.165) is 0 Å². The van der Waals surface area contributed by atoms with E-state index in [1.165, 1.54) is 24.3 Å². The lowest BCUT2D eigenvalue weighted by molar-refractivity contribution is -0.171. The van der Waals surface area contributed by atoms with Gasteiger partial charge in [0, 0.05) is 16.5 Å². The van der Waals surface area contributed by atoms with Crippen LogP contribution in [0.3, 0.4) is 0 Å². The topological polar surface area (TPSA) is 17.1 Å². The highest BCUT2D eigenvalue weighted by atomic mass is 35.5. The highest BCUT2D eigenvalue weighted by molar-refractivity contribution is 6.30. The van der Waals surface area contributed by atoms with E-state index >= 15 is 0 Å². The van der Waals surface area contributed by atoms with Crippen LogP contribution < -0.4 is 0 Å². The van der Waals surface area contributed by atoms with Gasteiger partial charge >= 0.3 is 6.18 Å². The second-order valence-corrected chi connectivity index (χ2v) is 4.68. The fraction of sp³-hybridized carbons (Fsp3) is 0.308. The van der Waals surface area contributed by atoms with Crippen LogP contribution in [0.4, 0.5) is 13.2 Å². The van der Waals surface area contributed by atoms with Crippen molar-refractivity contribution in [1.82, 2.24) is 0 Å². The first-order chi connectivity index (χ1) is 8.32. The Kier molecular flexibility index (Phi) is 2.90. The van der Waals surface area contributed by atoms with Crippen LogP contribution in [0.25, 0.3) is 0 Å². The smallest absolute Gasteiger partial charge is 0.294 e. The molecule has 0 heterocycles. The number of carbonyl (C=O) groups is 1. The molecule has 1 aromatic rings. The molecule has 0 radical (unpaired) electrons. The lowest BCUT2D eigenvalue weighted by Gasteiger charge is -2.14. The van der Waals surface area contributed by atoms with Crippen molar-refractivity contribution in [2.24, 2.45) is 11.3 Å². The quantitative estimate of drug-likeness (QED) is 0.592. The van der Waals surface area contributed by atoms with E-state index in [1.807, 2.05) is 0 Å². The van der Waals surface area contributed by atoms with Crippen LogP contribution >= 0.6 is 11.6 Å². The third-order valence-corrected chi connectivity index (χ3v) is 3.42. The number of halogens is 4. The maximum absolute atomic E-state index is 12.8. The zero-order valence-corrected chi connectivity index (χ0v) is 9.85. The third-order valence-electron chi connectivity index (χ3n) is 3.17. The molecule has 0 aromatic heterocycles. The van der Waals surface area contributed by atoms with Crippen molar-refractivity contribution in [3.63, 3.8) is 0 Å². The van der Waals surface area contributed by atoms with Crippen molar-refractivity contribution in [2.75, 3.05) is 0 Å². The molecule has 1 fully saturated rings. The molecule has 18 heavy (non-hydrogen) atoms. The normalized spacial score (nSPS) is 26.5. The molecule has 2 atom stereocenters. The third kappa shape index (κ3) is 1.89. The van der Waals surface area contributed by atoms with E-state index in [-0.39, 0.29) is 12.0 Å². The van der Waals surface area contributed by atoms with Crippen LogP contribution in [0, 0.1) is 23.7 Å². The first-order valence-corrected chi connectivity index (χ1v) is 5.54. The molecule has 0 amide bonds. The Morgan fingerprint density at radius 2 is 1.94 bits per heavy atom. The SMILES string of the molecule is C#C[C@]1(C(F)(F)F)C[C@@H]1C(=O)c1ccc(Cl)cc1. The summed E-state index contributed by atoms with van der Waals surface area (Å²) in [4.78, 5) is 11.9. The Hall–Kier alpha value is -1.47. The highest BCUT2D eigenvalue weighted by Gasteiger charge is 2.72. The predicted octanol–water partition coefficient (Wildman–Crippen LogP) is 3.72. The summed E-state index contributed by atoms with van der Waals surface area (Å²) in [5.74, 6) is -0.0261. The fourth-order valence-corrected chi connectivity index (χ4v) is 2.08. The Balaban J connectivity index is 2.24. The van der Waals surface area contributed by atoms with E-state index in [0.29, 0.717) is 5.02 Å². The molecular weight excluding hydrogens is 265 g/mol. The van der Waals surface area contributed by atoms with Crippen LogP contribution in [0.1, 0.15) is 16.8 Å². The van der Waals surface area contributed by atoms with E-state index in [2.05, 4.69) is 0 Å². The lowest BCUT2D eigenvalue weighted by atomic mass is 9.98. The fourth-order valence-electron chi connectivity index (χ4n) is 1.95. The Morgan fingerprint density at radius 1 is 1.39 bits per heavy atom. The van der Waals surface area contributed by atoms with Crippen LogP contribution in [-0.2, 0) is 0 Å². The summed E-state index contributed by atoms with van der Waals surface area (Å²) < 4.78 is 38.3. The van der Waals surface area contributed by atoms with Gasteiger partial charge in [-0.05, 0) is 30.7 Å². The van der Waals surface area contributed by atoms with Gasteiger partial charge in [0.05, 0.1) is 0 Å². The largest absolute Gasteiger partial charge is 0.405 e. The van der Waals surface area contributed by atoms with Gasteiger partial charge in [0.1, 0.15) is 5.41 Å². The number of hydrogen-bond acceptors (Lipinski definition) is 1. The Morgan fingerprint density at radius 3 is 2.33 bits per heavy atom. The number of hydrogen-bond donors (Lipinski definition) is 0. The van der Waals surface area contributed by atoms with Crippen LogP contribution in [-0.4, -0.2) is 12.0 Å². The Bertz CT molecular complexity index is 527. The second kappa shape index (κ2) is 4.03. The van der Waals surface area contributed by atoms with Gasteiger partial charge in [0.25, 0.3) is 0 Å². The van der Waals surface area contributed by atoms with Gasteiger partial charge in [0.15, 0.2) is 5.78 Å². The van der Waals surface area contributed by atoms with E-state index < -0.39 is 23.3 Å². The van der Waals surface area contributed by atoms with E-state index in [1.54, 1.807) is 5.92 Å². The van der Waals surface area contributed by atoms with Gasteiger partial charge in [-0.15, -0.1) is 6.42 Å². The number of carbonyl (C=O) groups excluding carboxylic acids is 1.